The van der Waals surface area contributed by atoms with Crippen LogP contribution in [0, 0.1) is 0 Å². The van der Waals surface area contributed by atoms with Crippen LogP contribution >= 0.6 is 0 Å². The zero-order chi connectivity index (χ0) is 20.3. The van der Waals surface area contributed by atoms with Crippen LogP contribution in [0.1, 0.15) is 66.1 Å². The molecule has 1 unspecified atom stereocenters. The first-order chi connectivity index (χ1) is 13.3. The Bertz CT molecular complexity index is 850. The van der Waals surface area contributed by atoms with E-state index in [9.17, 15) is 9.59 Å². The molecular weight excluding hydrogens is 356 g/mol. The van der Waals surface area contributed by atoms with E-state index >= 15 is 0 Å². The van der Waals surface area contributed by atoms with Crippen LogP contribution in [-0.2, 0) is 27.9 Å². The van der Waals surface area contributed by atoms with Crippen molar-refractivity contribution >= 4 is 11.9 Å². The van der Waals surface area contributed by atoms with Crippen molar-refractivity contribution in [3.05, 3.63) is 52.3 Å². The molecule has 0 saturated carbocycles. The number of esters is 1. The third kappa shape index (κ3) is 4.42. The fraction of sp³-hybridized carbons (Fsp3) is 0.476. The van der Waals surface area contributed by atoms with E-state index in [1.54, 1.807) is 0 Å². The van der Waals surface area contributed by atoms with E-state index in [4.69, 9.17) is 4.74 Å². The van der Waals surface area contributed by atoms with Gasteiger partial charge in [-0.3, -0.25) is 14.7 Å². The number of methoxy groups -OCH3 is 1. The van der Waals surface area contributed by atoms with Crippen LogP contribution in [-0.4, -0.2) is 35.7 Å². The number of amides is 1. The summed E-state index contributed by atoms with van der Waals surface area (Å²) in [5.41, 5.74) is 4.33. The lowest BCUT2D eigenvalue weighted by atomic mass is 9.86. The number of aromatic amines is 1. The predicted molar refractivity (Wildman–Crippen MR) is 106 cm³/mol. The number of hydrogen-bond donors (Lipinski definition) is 3. The highest BCUT2D eigenvalue weighted by molar-refractivity contribution is 5.94. The van der Waals surface area contributed by atoms with Gasteiger partial charge >= 0.3 is 5.97 Å². The maximum Gasteiger partial charge on any atom is 0.307 e. The van der Waals surface area contributed by atoms with E-state index in [0.29, 0.717) is 12.2 Å². The molecule has 1 amide bonds. The minimum atomic E-state index is -0.488. The smallest absolute Gasteiger partial charge is 0.307 e. The van der Waals surface area contributed by atoms with Gasteiger partial charge in [-0.25, -0.2) is 0 Å². The molecule has 0 aliphatic carbocycles. The molecule has 1 atom stereocenters. The number of hydrogen-bond acceptors (Lipinski definition) is 5. The number of carbonyl (C=O) groups excluding carboxylic acids is 2. The van der Waals surface area contributed by atoms with Crippen LogP contribution in [0.25, 0.3) is 0 Å². The number of H-pyrrole nitrogens is 1. The summed E-state index contributed by atoms with van der Waals surface area (Å²) in [6, 6.07) is 7.49. The number of carbonyl (C=O) groups is 2. The molecule has 0 saturated heterocycles. The molecule has 2 heterocycles. The van der Waals surface area contributed by atoms with E-state index < -0.39 is 6.04 Å². The molecule has 0 spiro atoms. The summed E-state index contributed by atoms with van der Waals surface area (Å²) in [6.07, 6.45) is 0.872. The fourth-order valence-corrected chi connectivity index (χ4v) is 3.36. The lowest BCUT2D eigenvalue weighted by molar-refractivity contribution is -0.141. The molecular formula is C21H28N4O3. The summed E-state index contributed by atoms with van der Waals surface area (Å²) in [5, 5.41) is 13.4. The second kappa shape index (κ2) is 8.14. The average Bonchev–Trinajstić information content (AvgIpc) is 3.11. The van der Waals surface area contributed by atoms with Gasteiger partial charge in [-0.15, -0.1) is 0 Å². The van der Waals surface area contributed by atoms with E-state index in [-0.39, 0.29) is 23.7 Å². The Kier molecular flexibility index (Phi) is 5.84. The van der Waals surface area contributed by atoms with Crippen molar-refractivity contribution in [2.24, 2.45) is 0 Å². The molecule has 1 aliphatic rings. The maximum absolute atomic E-state index is 12.9. The van der Waals surface area contributed by atoms with Gasteiger partial charge in [0.2, 0.25) is 0 Å². The van der Waals surface area contributed by atoms with E-state index in [2.05, 4.69) is 41.6 Å². The highest BCUT2D eigenvalue weighted by Gasteiger charge is 2.26. The van der Waals surface area contributed by atoms with Gasteiger partial charge in [-0.1, -0.05) is 45.0 Å². The number of benzene rings is 1. The van der Waals surface area contributed by atoms with Crippen molar-refractivity contribution in [1.29, 1.82) is 0 Å². The number of nitrogens with zero attached hydrogens (tertiary/aromatic N) is 1. The third-order valence-electron chi connectivity index (χ3n) is 5.10. The first-order valence-electron chi connectivity index (χ1n) is 9.54. The van der Waals surface area contributed by atoms with Crippen molar-refractivity contribution in [2.45, 2.75) is 51.6 Å². The van der Waals surface area contributed by atoms with Gasteiger partial charge in [0.1, 0.15) is 0 Å². The molecule has 3 N–H and O–H groups in total. The van der Waals surface area contributed by atoms with Crippen LogP contribution in [0.5, 0.6) is 0 Å². The van der Waals surface area contributed by atoms with Crippen molar-refractivity contribution < 1.29 is 14.3 Å². The molecule has 3 rings (SSSR count). The first-order valence-corrected chi connectivity index (χ1v) is 9.54. The Morgan fingerprint density at radius 1 is 1.25 bits per heavy atom. The highest BCUT2D eigenvalue weighted by Crippen LogP contribution is 2.26. The molecule has 150 valence electrons. The maximum atomic E-state index is 12.9. The van der Waals surface area contributed by atoms with Crippen LogP contribution in [0.2, 0.25) is 0 Å². The zero-order valence-electron chi connectivity index (χ0n) is 16.9. The minimum Gasteiger partial charge on any atom is -0.469 e. The molecule has 0 radical (unpaired) electrons. The van der Waals surface area contributed by atoms with E-state index in [0.717, 1.165) is 29.8 Å². The summed E-state index contributed by atoms with van der Waals surface area (Å²) >= 11 is 0. The SMILES string of the molecule is COC(=O)CC(NC(=O)c1n[nH]c2c1CNCC2)c1ccc(C(C)(C)C)cc1. The second-order valence-corrected chi connectivity index (χ2v) is 8.13. The van der Waals surface area contributed by atoms with Crippen LogP contribution in [0.3, 0.4) is 0 Å². The van der Waals surface area contributed by atoms with Crippen molar-refractivity contribution in [3.8, 4) is 0 Å². The van der Waals surface area contributed by atoms with E-state index in [1.165, 1.54) is 12.7 Å². The lowest BCUT2D eigenvalue weighted by Gasteiger charge is -2.22. The highest BCUT2D eigenvalue weighted by atomic mass is 16.5. The average molecular weight is 384 g/mol. The third-order valence-corrected chi connectivity index (χ3v) is 5.10. The predicted octanol–water partition coefficient (Wildman–Crippen LogP) is 2.39. The zero-order valence-corrected chi connectivity index (χ0v) is 16.9. The van der Waals surface area contributed by atoms with Crippen LogP contribution in [0.15, 0.2) is 24.3 Å². The quantitative estimate of drug-likeness (QED) is 0.688. The van der Waals surface area contributed by atoms with Gasteiger partial charge in [0.25, 0.3) is 5.91 Å². The largest absolute Gasteiger partial charge is 0.469 e. The number of rotatable bonds is 5. The first kappa shape index (κ1) is 20.1. The van der Waals surface area contributed by atoms with Gasteiger partial charge in [0.05, 0.1) is 19.6 Å². The Hall–Kier alpha value is -2.67. The monoisotopic (exact) mass is 384 g/mol. The molecule has 1 aliphatic heterocycles. The van der Waals surface area contributed by atoms with Crippen molar-refractivity contribution in [3.63, 3.8) is 0 Å². The van der Waals surface area contributed by atoms with E-state index in [1.807, 2.05) is 24.3 Å². The molecule has 1 aromatic heterocycles. The molecule has 2 aromatic rings. The summed E-state index contributed by atoms with van der Waals surface area (Å²) in [5.74, 6) is -0.675. The lowest BCUT2D eigenvalue weighted by Crippen LogP contribution is -2.32. The molecule has 0 bridgehead atoms. The summed E-state index contributed by atoms with van der Waals surface area (Å²) in [4.78, 5) is 24.8. The fourth-order valence-electron chi connectivity index (χ4n) is 3.36. The summed E-state index contributed by atoms with van der Waals surface area (Å²) in [7, 11) is 1.35. The number of ether oxygens (including phenoxy) is 1. The van der Waals surface area contributed by atoms with Crippen molar-refractivity contribution in [2.75, 3.05) is 13.7 Å². The van der Waals surface area contributed by atoms with Crippen molar-refractivity contribution in [1.82, 2.24) is 20.8 Å². The topological polar surface area (TPSA) is 96.1 Å². The standard InChI is InChI=1S/C21H28N4O3/c1-21(2,3)14-7-5-13(6-8-14)17(11-18(26)28-4)23-20(27)19-15-12-22-10-9-16(15)24-25-19/h5-8,17,22H,9-12H2,1-4H3,(H,23,27)(H,24,25). The van der Waals surface area contributed by atoms with Gasteiger partial charge in [0.15, 0.2) is 5.69 Å². The molecule has 7 nitrogen and oxygen atoms in total. The van der Waals surface area contributed by atoms with Gasteiger partial charge in [-0.2, -0.15) is 5.10 Å². The summed E-state index contributed by atoms with van der Waals surface area (Å²) < 4.78 is 4.82. The minimum absolute atomic E-state index is 0.0285. The van der Waals surface area contributed by atoms with Crippen LogP contribution in [0.4, 0.5) is 0 Å². The molecule has 7 heteroatoms. The molecule has 0 fully saturated rings. The van der Waals surface area contributed by atoms with Gasteiger partial charge < -0.3 is 15.4 Å². The van der Waals surface area contributed by atoms with Gasteiger partial charge in [-0.05, 0) is 16.5 Å². The number of nitrogens with one attached hydrogen (secondary N) is 3. The number of aromatic nitrogens is 2. The number of fused-ring (bicyclic) bond motifs is 1. The normalized spacial score (nSPS) is 14.9. The Balaban J connectivity index is 1.83. The van der Waals surface area contributed by atoms with Gasteiger partial charge in [0, 0.05) is 30.8 Å². The Morgan fingerprint density at radius 2 is 1.96 bits per heavy atom. The Labute approximate surface area is 165 Å². The molecule has 28 heavy (non-hydrogen) atoms. The Morgan fingerprint density at radius 3 is 2.61 bits per heavy atom. The summed E-state index contributed by atoms with van der Waals surface area (Å²) in [6.45, 7) is 7.90. The molecule has 1 aromatic carbocycles. The van der Waals surface area contributed by atoms with Crippen LogP contribution < -0.4 is 10.6 Å². The second-order valence-electron chi connectivity index (χ2n) is 8.13.